The molecule has 1 aliphatic carbocycles. The lowest BCUT2D eigenvalue weighted by Gasteiger charge is -2.15. The van der Waals surface area contributed by atoms with Crippen molar-refractivity contribution in [3.63, 3.8) is 0 Å². The van der Waals surface area contributed by atoms with Crippen molar-refractivity contribution >= 4 is 0 Å². The highest BCUT2D eigenvalue weighted by Crippen LogP contribution is 2.27. The molecular weight excluding hydrogens is 156 g/mol. The Morgan fingerprint density at radius 2 is 2.23 bits per heavy atom. The Morgan fingerprint density at radius 3 is 2.69 bits per heavy atom. The third kappa shape index (κ3) is 2.09. The first-order valence-corrected chi connectivity index (χ1v) is 4.54. The zero-order chi connectivity index (χ0) is 9.84. The Morgan fingerprint density at radius 1 is 1.54 bits per heavy atom. The van der Waals surface area contributed by atoms with Crippen LogP contribution in [0.4, 0.5) is 0 Å². The number of hydrogen-bond donors (Lipinski definition) is 0. The summed E-state index contributed by atoms with van der Waals surface area (Å²) in [5.74, 6) is 0. The number of hydrogen-bond acceptors (Lipinski definition) is 0. The predicted molar refractivity (Wildman–Crippen MR) is 59.6 cm³/mol. The fourth-order valence-corrected chi connectivity index (χ4v) is 1.51. The van der Waals surface area contributed by atoms with Crippen LogP contribution in [0.15, 0.2) is 60.3 Å². The van der Waals surface area contributed by atoms with Crippen molar-refractivity contribution in [1.29, 1.82) is 0 Å². The fraction of sp³-hybridized carbons (Fsp3) is 0.231. The van der Waals surface area contributed by atoms with E-state index in [1.807, 2.05) is 13.0 Å². The van der Waals surface area contributed by atoms with Gasteiger partial charge < -0.3 is 0 Å². The van der Waals surface area contributed by atoms with Crippen LogP contribution in [0.5, 0.6) is 0 Å². The molecule has 0 saturated heterocycles. The molecule has 0 unspecified atom stereocenters. The van der Waals surface area contributed by atoms with Gasteiger partial charge in [-0.2, -0.15) is 0 Å². The normalized spacial score (nSPS) is 19.9. The van der Waals surface area contributed by atoms with Crippen LogP contribution in [0, 0.1) is 0 Å². The molecule has 0 heterocycles. The Balaban J connectivity index is 3.18. The Kier molecular flexibility index (Phi) is 3.07. The minimum absolute atomic E-state index is 1.05. The first-order chi connectivity index (χ1) is 6.16. The van der Waals surface area contributed by atoms with Gasteiger partial charge in [-0.3, -0.25) is 0 Å². The summed E-state index contributed by atoms with van der Waals surface area (Å²) >= 11 is 0. The standard InChI is InChI=1S/C13H16/c1-5-12(10(2)3)13-9-7-6-8-11(13)4/h5,7,9H,1-2,4,6,8H2,3H3/b13-12+. The summed E-state index contributed by atoms with van der Waals surface area (Å²) < 4.78 is 0. The summed E-state index contributed by atoms with van der Waals surface area (Å²) in [6.45, 7) is 13.8. The van der Waals surface area contributed by atoms with Crippen molar-refractivity contribution < 1.29 is 0 Å². The van der Waals surface area contributed by atoms with Crippen molar-refractivity contribution in [2.75, 3.05) is 0 Å². The molecule has 0 N–H and O–H groups in total. The molecule has 0 fully saturated rings. The summed E-state index contributed by atoms with van der Waals surface area (Å²) in [5, 5.41) is 0. The third-order valence-corrected chi connectivity index (χ3v) is 2.23. The van der Waals surface area contributed by atoms with E-state index in [1.165, 1.54) is 11.1 Å². The average molecular weight is 172 g/mol. The van der Waals surface area contributed by atoms with E-state index in [9.17, 15) is 0 Å². The minimum atomic E-state index is 1.05. The van der Waals surface area contributed by atoms with E-state index < -0.39 is 0 Å². The molecule has 0 bridgehead atoms. The molecule has 0 amide bonds. The van der Waals surface area contributed by atoms with Gasteiger partial charge in [0, 0.05) is 0 Å². The van der Waals surface area contributed by atoms with Gasteiger partial charge >= 0.3 is 0 Å². The lowest BCUT2D eigenvalue weighted by Crippen LogP contribution is -1.96. The maximum Gasteiger partial charge on any atom is -0.0159 e. The second kappa shape index (κ2) is 4.08. The molecule has 0 aromatic rings. The van der Waals surface area contributed by atoms with Crippen LogP contribution in [-0.4, -0.2) is 0 Å². The molecule has 0 atom stereocenters. The van der Waals surface area contributed by atoms with Gasteiger partial charge in [0.15, 0.2) is 0 Å². The molecule has 0 spiro atoms. The summed E-state index contributed by atoms with van der Waals surface area (Å²) in [4.78, 5) is 0. The topological polar surface area (TPSA) is 0 Å². The smallest absolute Gasteiger partial charge is 0.0159 e. The minimum Gasteiger partial charge on any atom is -0.0984 e. The van der Waals surface area contributed by atoms with Crippen molar-refractivity contribution in [1.82, 2.24) is 0 Å². The van der Waals surface area contributed by atoms with Crippen LogP contribution >= 0.6 is 0 Å². The van der Waals surface area contributed by atoms with E-state index >= 15 is 0 Å². The number of rotatable bonds is 2. The SMILES string of the molecule is C=C/C(C(=C)C)=C1/C=CCCC1=C. The van der Waals surface area contributed by atoms with E-state index in [-0.39, 0.29) is 0 Å². The molecular formula is C13H16. The van der Waals surface area contributed by atoms with Crippen LogP contribution in [0.2, 0.25) is 0 Å². The van der Waals surface area contributed by atoms with Crippen molar-refractivity contribution in [3.05, 3.63) is 60.3 Å². The monoisotopic (exact) mass is 172 g/mol. The first kappa shape index (κ1) is 9.79. The fourth-order valence-electron chi connectivity index (χ4n) is 1.51. The van der Waals surface area contributed by atoms with Crippen molar-refractivity contribution in [3.8, 4) is 0 Å². The van der Waals surface area contributed by atoms with Gasteiger partial charge in [-0.05, 0) is 36.5 Å². The van der Waals surface area contributed by atoms with Gasteiger partial charge in [-0.25, -0.2) is 0 Å². The number of allylic oxidation sites excluding steroid dienone is 7. The van der Waals surface area contributed by atoms with Crippen LogP contribution < -0.4 is 0 Å². The summed E-state index contributed by atoms with van der Waals surface area (Å²) in [6, 6.07) is 0. The summed E-state index contributed by atoms with van der Waals surface area (Å²) in [7, 11) is 0. The molecule has 0 saturated carbocycles. The lowest BCUT2D eigenvalue weighted by molar-refractivity contribution is 0.968. The van der Waals surface area contributed by atoms with Gasteiger partial charge in [0.25, 0.3) is 0 Å². The highest BCUT2D eigenvalue weighted by molar-refractivity contribution is 5.53. The van der Waals surface area contributed by atoms with Gasteiger partial charge in [0.1, 0.15) is 0 Å². The van der Waals surface area contributed by atoms with Gasteiger partial charge in [0.2, 0.25) is 0 Å². The quantitative estimate of drug-likeness (QED) is 0.591. The molecule has 1 aliphatic rings. The van der Waals surface area contributed by atoms with E-state index in [2.05, 4.69) is 31.9 Å². The Labute approximate surface area is 80.7 Å². The zero-order valence-corrected chi connectivity index (χ0v) is 8.27. The molecule has 0 nitrogen and oxygen atoms in total. The van der Waals surface area contributed by atoms with Crippen LogP contribution in [-0.2, 0) is 0 Å². The Hall–Kier alpha value is -1.30. The molecule has 68 valence electrons. The third-order valence-electron chi connectivity index (χ3n) is 2.23. The van der Waals surface area contributed by atoms with Gasteiger partial charge in [0.05, 0.1) is 0 Å². The zero-order valence-electron chi connectivity index (χ0n) is 8.27. The van der Waals surface area contributed by atoms with Crippen molar-refractivity contribution in [2.45, 2.75) is 19.8 Å². The summed E-state index contributed by atoms with van der Waals surface area (Å²) in [6.07, 6.45) is 8.31. The van der Waals surface area contributed by atoms with Crippen LogP contribution in [0.1, 0.15) is 19.8 Å². The average Bonchev–Trinajstić information content (AvgIpc) is 2.09. The van der Waals surface area contributed by atoms with Gasteiger partial charge in [-0.1, -0.05) is 43.5 Å². The highest BCUT2D eigenvalue weighted by Gasteiger charge is 2.08. The van der Waals surface area contributed by atoms with E-state index in [0.717, 1.165) is 24.0 Å². The highest BCUT2D eigenvalue weighted by atomic mass is 14.1. The molecule has 13 heavy (non-hydrogen) atoms. The van der Waals surface area contributed by atoms with E-state index in [0.29, 0.717) is 0 Å². The molecule has 1 rings (SSSR count). The predicted octanol–water partition coefficient (Wildman–Crippen LogP) is 3.95. The second-order valence-corrected chi connectivity index (χ2v) is 3.36. The maximum atomic E-state index is 4.05. The molecule has 0 aliphatic heterocycles. The van der Waals surface area contributed by atoms with Gasteiger partial charge in [-0.15, -0.1) is 0 Å². The largest absolute Gasteiger partial charge is 0.0984 e. The lowest BCUT2D eigenvalue weighted by atomic mass is 9.90. The molecule has 0 radical (unpaired) electrons. The van der Waals surface area contributed by atoms with E-state index in [1.54, 1.807) is 0 Å². The van der Waals surface area contributed by atoms with Crippen molar-refractivity contribution in [2.24, 2.45) is 0 Å². The van der Waals surface area contributed by atoms with Crippen LogP contribution in [0.25, 0.3) is 0 Å². The molecule has 0 aromatic heterocycles. The first-order valence-electron chi connectivity index (χ1n) is 4.54. The maximum absolute atomic E-state index is 4.05. The molecule has 0 aromatic carbocycles. The second-order valence-electron chi connectivity index (χ2n) is 3.36. The Bertz CT molecular complexity index is 311. The molecule has 0 heteroatoms. The van der Waals surface area contributed by atoms with E-state index in [4.69, 9.17) is 0 Å². The van der Waals surface area contributed by atoms with Crippen LogP contribution in [0.3, 0.4) is 0 Å². The summed E-state index contributed by atoms with van der Waals surface area (Å²) in [5.41, 5.74) is 4.58.